The highest BCUT2D eigenvalue weighted by Gasteiger charge is 2.24. The summed E-state index contributed by atoms with van der Waals surface area (Å²) in [6.07, 6.45) is 3.89. The van der Waals surface area contributed by atoms with Crippen LogP contribution in [0.3, 0.4) is 0 Å². The molecule has 0 aliphatic heterocycles. The Morgan fingerprint density at radius 2 is 2.15 bits per heavy atom. The van der Waals surface area contributed by atoms with Crippen LogP contribution >= 0.6 is 0 Å². The number of ether oxygens (including phenoxy) is 1. The molecular formula is C16H17FN2O. The summed E-state index contributed by atoms with van der Waals surface area (Å²) in [5.41, 5.74) is 1.85. The predicted octanol–water partition coefficient (Wildman–Crippen LogP) is 3.07. The molecule has 1 heterocycles. The zero-order valence-corrected chi connectivity index (χ0v) is 11.3. The molecule has 0 spiro atoms. The highest BCUT2D eigenvalue weighted by Crippen LogP contribution is 2.29. The minimum absolute atomic E-state index is 0.0710. The normalized spacial score (nSPS) is 15.9. The summed E-state index contributed by atoms with van der Waals surface area (Å²) in [7, 11) is 1.87. The van der Waals surface area contributed by atoms with Crippen LogP contribution in [0.1, 0.15) is 30.1 Å². The number of hydrogen-bond acceptors (Lipinski definition) is 3. The Labute approximate surface area is 117 Å². The summed E-state index contributed by atoms with van der Waals surface area (Å²) in [6, 6.07) is 11.0. The van der Waals surface area contributed by atoms with Crippen LogP contribution in [0.5, 0.6) is 5.75 Å². The van der Waals surface area contributed by atoms with E-state index in [1.807, 2.05) is 31.3 Å². The molecule has 3 rings (SSSR count). The zero-order valence-electron chi connectivity index (χ0n) is 11.3. The van der Waals surface area contributed by atoms with Crippen LogP contribution in [-0.2, 0) is 0 Å². The van der Waals surface area contributed by atoms with Crippen LogP contribution in [0.25, 0.3) is 0 Å². The van der Waals surface area contributed by atoms with Gasteiger partial charge in [-0.05, 0) is 49.7 Å². The molecule has 0 bridgehead atoms. The van der Waals surface area contributed by atoms with Crippen molar-refractivity contribution in [3.05, 3.63) is 59.7 Å². The quantitative estimate of drug-likeness (QED) is 0.908. The van der Waals surface area contributed by atoms with Gasteiger partial charge < -0.3 is 10.1 Å². The monoisotopic (exact) mass is 272 g/mol. The first kappa shape index (κ1) is 13.1. The van der Waals surface area contributed by atoms with E-state index in [-0.39, 0.29) is 11.9 Å². The third-order valence-corrected chi connectivity index (χ3v) is 3.35. The molecule has 1 fully saturated rings. The van der Waals surface area contributed by atoms with Gasteiger partial charge in [-0.1, -0.05) is 12.1 Å². The summed E-state index contributed by atoms with van der Waals surface area (Å²) in [6.45, 7) is 0. The number of pyridine rings is 1. The summed E-state index contributed by atoms with van der Waals surface area (Å²) in [4.78, 5) is 4.15. The lowest BCUT2D eigenvalue weighted by Gasteiger charge is -2.17. The van der Waals surface area contributed by atoms with Gasteiger partial charge in [-0.25, -0.2) is 4.39 Å². The fraction of sp³-hybridized carbons (Fsp3) is 0.312. The van der Waals surface area contributed by atoms with Crippen molar-refractivity contribution in [2.75, 3.05) is 7.05 Å². The Balaban J connectivity index is 1.85. The second-order valence-electron chi connectivity index (χ2n) is 5.01. The molecule has 0 amide bonds. The first-order valence-corrected chi connectivity index (χ1v) is 6.81. The largest absolute Gasteiger partial charge is 0.490 e. The molecule has 1 aliphatic rings. The average Bonchev–Trinajstić information content (AvgIpc) is 3.26. The van der Waals surface area contributed by atoms with Gasteiger partial charge in [0.2, 0.25) is 0 Å². The Morgan fingerprint density at radius 1 is 1.30 bits per heavy atom. The lowest BCUT2D eigenvalue weighted by Crippen LogP contribution is -2.19. The van der Waals surface area contributed by atoms with Gasteiger partial charge in [0.15, 0.2) is 0 Å². The smallest absolute Gasteiger partial charge is 0.141 e. The molecule has 3 nitrogen and oxygen atoms in total. The second-order valence-corrected chi connectivity index (χ2v) is 5.01. The van der Waals surface area contributed by atoms with Crippen molar-refractivity contribution in [2.24, 2.45) is 0 Å². The van der Waals surface area contributed by atoms with E-state index in [0.29, 0.717) is 6.10 Å². The number of halogens is 1. The van der Waals surface area contributed by atoms with Gasteiger partial charge in [0, 0.05) is 0 Å². The van der Waals surface area contributed by atoms with E-state index in [9.17, 15) is 4.39 Å². The molecule has 1 saturated carbocycles. The lowest BCUT2D eigenvalue weighted by molar-refractivity contribution is 0.302. The molecule has 20 heavy (non-hydrogen) atoms. The SMILES string of the molecule is CNC(c1cccc(OC2CC2)c1)c1ccc(F)cn1. The molecule has 1 aromatic heterocycles. The fourth-order valence-corrected chi connectivity index (χ4v) is 2.19. The number of nitrogens with one attached hydrogen (secondary N) is 1. The third-order valence-electron chi connectivity index (χ3n) is 3.35. The van der Waals surface area contributed by atoms with Gasteiger partial charge in [-0.3, -0.25) is 4.98 Å². The maximum Gasteiger partial charge on any atom is 0.141 e. The molecule has 1 N–H and O–H groups in total. The van der Waals surface area contributed by atoms with Gasteiger partial charge in [-0.15, -0.1) is 0 Å². The predicted molar refractivity (Wildman–Crippen MR) is 75.2 cm³/mol. The number of hydrogen-bond donors (Lipinski definition) is 1. The van der Waals surface area contributed by atoms with Crippen LogP contribution in [0.15, 0.2) is 42.6 Å². The number of aromatic nitrogens is 1. The minimum Gasteiger partial charge on any atom is -0.490 e. The zero-order chi connectivity index (χ0) is 13.9. The van der Waals surface area contributed by atoms with Crippen LogP contribution < -0.4 is 10.1 Å². The van der Waals surface area contributed by atoms with E-state index in [2.05, 4.69) is 10.3 Å². The molecule has 2 aromatic rings. The van der Waals surface area contributed by atoms with Gasteiger partial charge in [0.1, 0.15) is 11.6 Å². The van der Waals surface area contributed by atoms with Crippen LogP contribution in [-0.4, -0.2) is 18.1 Å². The highest BCUT2D eigenvalue weighted by atomic mass is 19.1. The van der Waals surface area contributed by atoms with Crippen molar-refractivity contribution < 1.29 is 9.13 Å². The minimum atomic E-state index is -0.325. The maximum atomic E-state index is 13.0. The van der Waals surface area contributed by atoms with E-state index >= 15 is 0 Å². The van der Waals surface area contributed by atoms with E-state index in [1.54, 1.807) is 6.07 Å². The summed E-state index contributed by atoms with van der Waals surface area (Å²) in [5.74, 6) is 0.557. The molecule has 1 atom stereocenters. The summed E-state index contributed by atoms with van der Waals surface area (Å²) in [5, 5.41) is 3.21. The van der Waals surface area contributed by atoms with Crippen molar-refractivity contribution in [1.29, 1.82) is 0 Å². The molecule has 1 unspecified atom stereocenters. The van der Waals surface area contributed by atoms with Crippen molar-refractivity contribution in [1.82, 2.24) is 10.3 Å². The third kappa shape index (κ3) is 2.96. The van der Waals surface area contributed by atoms with Gasteiger partial charge in [0.05, 0.1) is 24.0 Å². The highest BCUT2D eigenvalue weighted by molar-refractivity contribution is 5.35. The Morgan fingerprint density at radius 3 is 2.80 bits per heavy atom. The van der Waals surface area contributed by atoms with Gasteiger partial charge in [0.25, 0.3) is 0 Å². The number of benzene rings is 1. The Hall–Kier alpha value is -1.94. The lowest BCUT2D eigenvalue weighted by atomic mass is 10.0. The molecular weight excluding hydrogens is 255 g/mol. The molecule has 0 radical (unpaired) electrons. The van der Waals surface area contributed by atoms with Crippen molar-refractivity contribution in [3.63, 3.8) is 0 Å². The van der Waals surface area contributed by atoms with E-state index < -0.39 is 0 Å². The van der Waals surface area contributed by atoms with E-state index in [0.717, 1.165) is 29.8 Å². The van der Waals surface area contributed by atoms with Crippen molar-refractivity contribution >= 4 is 0 Å². The Kier molecular flexibility index (Phi) is 3.65. The average molecular weight is 272 g/mol. The van der Waals surface area contributed by atoms with Crippen LogP contribution in [0.4, 0.5) is 4.39 Å². The molecule has 104 valence electrons. The summed E-state index contributed by atoms with van der Waals surface area (Å²) < 4.78 is 18.8. The molecule has 1 aromatic carbocycles. The van der Waals surface area contributed by atoms with E-state index in [4.69, 9.17) is 4.74 Å². The fourth-order valence-electron chi connectivity index (χ4n) is 2.19. The maximum absolute atomic E-state index is 13.0. The topological polar surface area (TPSA) is 34.1 Å². The summed E-state index contributed by atoms with van der Waals surface area (Å²) >= 11 is 0. The molecule has 1 aliphatic carbocycles. The first-order valence-electron chi connectivity index (χ1n) is 6.81. The van der Waals surface area contributed by atoms with Crippen LogP contribution in [0, 0.1) is 5.82 Å². The van der Waals surface area contributed by atoms with Gasteiger partial charge in [-0.2, -0.15) is 0 Å². The standard InChI is InChI=1S/C16H17FN2O/c1-18-16(15-8-5-12(17)10-19-15)11-3-2-4-14(9-11)20-13-6-7-13/h2-5,8-10,13,16,18H,6-7H2,1H3. The number of rotatable bonds is 5. The van der Waals surface area contributed by atoms with Crippen molar-refractivity contribution in [3.8, 4) is 5.75 Å². The number of nitrogens with zero attached hydrogens (tertiary/aromatic N) is 1. The van der Waals surface area contributed by atoms with Crippen LogP contribution in [0.2, 0.25) is 0 Å². The molecule has 4 heteroatoms. The first-order chi connectivity index (χ1) is 9.76. The molecule has 0 saturated heterocycles. The Bertz CT molecular complexity index is 581. The second kappa shape index (κ2) is 5.59. The van der Waals surface area contributed by atoms with E-state index in [1.165, 1.54) is 12.3 Å². The van der Waals surface area contributed by atoms with Crippen molar-refractivity contribution in [2.45, 2.75) is 25.0 Å². The van der Waals surface area contributed by atoms with Gasteiger partial charge >= 0.3 is 0 Å².